The molecular formula is C21H25BrN4O. The van der Waals surface area contributed by atoms with Crippen LogP contribution in [-0.4, -0.2) is 20.4 Å². The van der Waals surface area contributed by atoms with Crippen LogP contribution in [0, 0.1) is 13.8 Å². The second kappa shape index (κ2) is 7.80. The van der Waals surface area contributed by atoms with Gasteiger partial charge in [0.1, 0.15) is 5.82 Å². The molecule has 1 atom stereocenters. The number of nitrogens with zero attached hydrogens (tertiary/aromatic N) is 4. The summed E-state index contributed by atoms with van der Waals surface area (Å²) >= 11 is 3.44. The molecule has 0 radical (unpaired) electrons. The molecule has 0 aliphatic carbocycles. The minimum absolute atomic E-state index is 0.131. The predicted molar refractivity (Wildman–Crippen MR) is 115 cm³/mol. The van der Waals surface area contributed by atoms with Gasteiger partial charge in [-0.2, -0.15) is 9.78 Å². The highest BCUT2D eigenvalue weighted by Crippen LogP contribution is 2.21. The summed E-state index contributed by atoms with van der Waals surface area (Å²) in [6.07, 6.45) is 2.65. The lowest BCUT2D eigenvalue weighted by molar-refractivity contribution is 0.613. The van der Waals surface area contributed by atoms with E-state index in [1.165, 1.54) is 10.4 Å². The first kappa shape index (κ1) is 19.5. The van der Waals surface area contributed by atoms with Crippen molar-refractivity contribution in [2.75, 3.05) is 0 Å². The maximum atomic E-state index is 13.1. The highest BCUT2D eigenvalue weighted by Gasteiger charge is 2.16. The van der Waals surface area contributed by atoms with Gasteiger partial charge >= 0.3 is 0 Å². The molecule has 0 unspecified atom stereocenters. The molecule has 0 aliphatic rings. The number of hydrogen-bond acceptors (Lipinski definition) is 3. The molecule has 0 N–H and O–H groups in total. The van der Waals surface area contributed by atoms with E-state index in [-0.39, 0.29) is 11.5 Å². The van der Waals surface area contributed by atoms with E-state index in [0.717, 1.165) is 28.7 Å². The monoisotopic (exact) mass is 428 g/mol. The molecule has 2 heterocycles. The molecule has 0 bridgehead atoms. The number of aromatic nitrogens is 3. The number of fused-ring (bicyclic) bond motifs is 1. The van der Waals surface area contributed by atoms with Crippen molar-refractivity contribution in [2.45, 2.75) is 53.5 Å². The lowest BCUT2D eigenvalue weighted by Gasteiger charge is -2.14. The van der Waals surface area contributed by atoms with E-state index < -0.39 is 0 Å². The first-order valence-electron chi connectivity index (χ1n) is 9.30. The van der Waals surface area contributed by atoms with Gasteiger partial charge in [-0.05, 0) is 51.5 Å². The van der Waals surface area contributed by atoms with Crippen LogP contribution in [0.5, 0.6) is 0 Å². The predicted octanol–water partition coefficient (Wildman–Crippen LogP) is 4.99. The van der Waals surface area contributed by atoms with E-state index in [4.69, 9.17) is 4.98 Å². The Morgan fingerprint density at radius 3 is 2.63 bits per heavy atom. The number of benzene rings is 1. The molecule has 3 aromatic rings. The minimum Gasteiger partial charge on any atom is -0.349 e. The average Bonchev–Trinajstić information content (AvgIpc) is 2.93. The zero-order valence-electron chi connectivity index (χ0n) is 16.5. The van der Waals surface area contributed by atoms with Crippen LogP contribution in [0.1, 0.15) is 55.9 Å². The Balaban J connectivity index is 2.20. The minimum atomic E-state index is -0.142. The summed E-state index contributed by atoms with van der Waals surface area (Å²) in [7, 11) is 0. The summed E-state index contributed by atoms with van der Waals surface area (Å²) in [5.74, 6) is 0.823. The molecule has 0 saturated carbocycles. The van der Waals surface area contributed by atoms with Crippen molar-refractivity contribution in [3.05, 3.63) is 61.9 Å². The van der Waals surface area contributed by atoms with Gasteiger partial charge in [0.05, 0.1) is 17.1 Å². The molecule has 27 heavy (non-hydrogen) atoms. The summed E-state index contributed by atoms with van der Waals surface area (Å²) < 4.78 is 4.54. The number of halogens is 1. The lowest BCUT2D eigenvalue weighted by Crippen LogP contribution is -2.23. The van der Waals surface area contributed by atoms with Crippen LogP contribution in [0.25, 0.3) is 10.9 Å². The van der Waals surface area contributed by atoms with Crippen LogP contribution in [0.3, 0.4) is 0 Å². The highest BCUT2D eigenvalue weighted by atomic mass is 79.9. The SMILES string of the molecule is CC[C@H](C)c1nc2ccc(Br)cc2c(=O)n1N=Cc1cc(C)n(CC)c1C. The first-order chi connectivity index (χ1) is 12.9. The van der Waals surface area contributed by atoms with E-state index in [1.54, 1.807) is 12.3 Å². The van der Waals surface area contributed by atoms with Crippen LogP contribution in [-0.2, 0) is 6.54 Å². The third-order valence-corrected chi connectivity index (χ3v) is 5.62. The second-order valence-electron chi connectivity index (χ2n) is 6.87. The Hall–Kier alpha value is -2.21. The molecule has 0 saturated heterocycles. The normalized spacial score (nSPS) is 13.0. The lowest BCUT2D eigenvalue weighted by atomic mass is 10.1. The number of aryl methyl sites for hydroxylation is 1. The van der Waals surface area contributed by atoms with Crippen molar-refractivity contribution in [2.24, 2.45) is 5.10 Å². The van der Waals surface area contributed by atoms with E-state index in [0.29, 0.717) is 16.7 Å². The molecule has 0 amide bonds. The Morgan fingerprint density at radius 2 is 2.00 bits per heavy atom. The quantitative estimate of drug-likeness (QED) is 0.537. The Kier molecular flexibility index (Phi) is 5.65. The number of hydrogen-bond donors (Lipinski definition) is 0. The molecule has 0 fully saturated rings. The zero-order valence-corrected chi connectivity index (χ0v) is 18.0. The van der Waals surface area contributed by atoms with E-state index >= 15 is 0 Å². The first-order valence-corrected chi connectivity index (χ1v) is 10.1. The fourth-order valence-electron chi connectivity index (χ4n) is 3.34. The molecule has 5 nitrogen and oxygen atoms in total. The summed E-state index contributed by atoms with van der Waals surface area (Å²) in [6.45, 7) is 11.4. The summed E-state index contributed by atoms with van der Waals surface area (Å²) in [5, 5.41) is 5.13. The van der Waals surface area contributed by atoms with Gasteiger partial charge in [-0.25, -0.2) is 4.98 Å². The van der Waals surface area contributed by atoms with Gasteiger partial charge in [-0.15, -0.1) is 0 Å². The van der Waals surface area contributed by atoms with Crippen LogP contribution in [0.4, 0.5) is 0 Å². The summed E-state index contributed by atoms with van der Waals surface area (Å²) in [6, 6.07) is 7.68. The van der Waals surface area contributed by atoms with Crippen LogP contribution in [0.15, 0.2) is 38.6 Å². The molecule has 1 aromatic carbocycles. The van der Waals surface area contributed by atoms with Gasteiger partial charge in [0.2, 0.25) is 0 Å². The third kappa shape index (κ3) is 3.63. The van der Waals surface area contributed by atoms with Crippen LogP contribution < -0.4 is 5.56 Å². The van der Waals surface area contributed by atoms with Gasteiger partial charge in [0.25, 0.3) is 5.56 Å². The molecule has 6 heteroatoms. The van der Waals surface area contributed by atoms with E-state index in [2.05, 4.69) is 66.3 Å². The van der Waals surface area contributed by atoms with Crippen molar-refractivity contribution >= 4 is 33.0 Å². The third-order valence-electron chi connectivity index (χ3n) is 5.13. The van der Waals surface area contributed by atoms with Crippen molar-refractivity contribution in [3.8, 4) is 0 Å². The average molecular weight is 429 g/mol. The van der Waals surface area contributed by atoms with Gasteiger partial charge < -0.3 is 4.57 Å². The maximum Gasteiger partial charge on any atom is 0.282 e. The van der Waals surface area contributed by atoms with Crippen LogP contribution >= 0.6 is 15.9 Å². The molecule has 0 aliphatic heterocycles. The Labute approximate surface area is 167 Å². The van der Waals surface area contributed by atoms with Crippen molar-refractivity contribution in [1.29, 1.82) is 0 Å². The van der Waals surface area contributed by atoms with E-state index in [1.807, 2.05) is 12.1 Å². The molecule has 2 aromatic heterocycles. The van der Waals surface area contributed by atoms with Crippen LogP contribution in [0.2, 0.25) is 0 Å². The summed E-state index contributed by atoms with van der Waals surface area (Å²) in [5.41, 5.74) is 3.91. The highest BCUT2D eigenvalue weighted by molar-refractivity contribution is 9.10. The Bertz CT molecular complexity index is 1080. The van der Waals surface area contributed by atoms with Gasteiger partial charge in [-0.3, -0.25) is 4.79 Å². The Morgan fingerprint density at radius 1 is 1.26 bits per heavy atom. The smallest absolute Gasteiger partial charge is 0.282 e. The fraction of sp³-hybridized carbons (Fsp3) is 0.381. The van der Waals surface area contributed by atoms with Crippen molar-refractivity contribution in [3.63, 3.8) is 0 Å². The molecule has 142 valence electrons. The molecular weight excluding hydrogens is 404 g/mol. The zero-order chi connectivity index (χ0) is 19.7. The second-order valence-corrected chi connectivity index (χ2v) is 7.79. The van der Waals surface area contributed by atoms with Gasteiger partial charge in [0.15, 0.2) is 0 Å². The number of rotatable bonds is 5. The topological polar surface area (TPSA) is 52.2 Å². The standard InChI is InChI=1S/C21H25BrN4O/c1-6-13(3)20-24-19-9-8-17(22)11-18(19)21(27)26(20)23-12-16-10-14(4)25(7-2)15(16)5/h8-13H,6-7H2,1-5H3/t13-/m0/s1. The van der Waals surface area contributed by atoms with Crippen molar-refractivity contribution < 1.29 is 0 Å². The molecule has 0 spiro atoms. The van der Waals surface area contributed by atoms with Gasteiger partial charge in [0, 0.05) is 33.9 Å². The van der Waals surface area contributed by atoms with Gasteiger partial charge in [-0.1, -0.05) is 29.8 Å². The molecule has 3 rings (SSSR count). The maximum absolute atomic E-state index is 13.1. The van der Waals surface area contributed by atoms with Crippen molar-refractivity contribution in [1.82, 2.24) is 14.2 Å². The largest absolute Gasteiger partial charge is 0.349 e. The fourth-order valence-corrected chi connectivity index (χ4v) is 3.71. The van der Waals surface area contributed by atoms with E-state index in [9.17, 15) is 4.79 Å². The summed E-state index contributed by atoms with van der Waals surface area (Å²) in [4.78, 5) is 17.9.